The molecule has 0 saturated carbocycles. The van der Waals surface area contributed by atoms with Crippen molar-refractivity contribution in [2.75, 3.05) is 33.4 Å². The monoisotopic (exact) mass is 299 g/mol. The van der Waals surface area contributed by atoms with Gasteiger partial charge in [-0.1, -0.05) is 6.07 Å². The number of likely N-dealkylation sites (N-methyl/N-ethyl adjacent to an activating group) is 1. The third kappa shape index (κ3) is 5.89. The quantitative estimate of drug-likeness (QED) is 0.798. The summed E-state index contributed by atoms with van der Waals surface area (Å²) in [5.41, 5.74) is 0. The fourth-order valence-corrected chi connectivity index (χ4v) is 3.12. The molecule has 20 heavy (non-hydrogen) atoms. The Morgan fingerprint density at radius 3 is 3.15 bits per heavy atom. The van der Waals surface area contributed by atoms with E-state index in [0.29, 0.717) is 25.9 Å². The van der Waals surface area contributed by atoms with E-state index >= 15 is 0 Å². The van der Waals surface area contributed by atoms with Crippen molar-refractivity contribution in [3.8, 4) is 0 Å². The molecular formula is C15H25NO3S. The lowest BCUT2D eigenvalue weighted by molar-refractivity contribution is -0.0201. The Hall–Kier alpha value is -0.460. The van der Waals surface area contributed by atoms with Gasteiger partial charge in [0.05, 0.1) is 25.4 Å². The summed E-state index contributed by atoms with van der Waals surface area (Å²) < 4.78 is 11.2. The molecule has 0 aliphatic carbocycles. The van der Waals surface area contributed by atoms with E-state index in [1.54, 1.807) is 11.3 Å². The van der Waals surface area contributed by atoms with Gasteiger partial charge >= 0.3 is 0 Å². The second-order valence-corrected chi connectivity index (χ2v) is 6.49. The summed E-state index contributed by atoms with van der Waals surface area (Å²) in [5, 5.41) is 12.0. The van der Waals surface area contributed by atoms with Gasteiger partial charge in [0.2, 0.25) is 0 Å². The van der Waals surface area contributed by atoms with Crippen LogP contribution in [-0.2, 0) is 16.1 Å². The molecule has 2 unspecified atom stereocenters. The predicted octanol–water partition coefficient (Wildman–Crippen LogP) is 2.13. The molecule has 1 fully saturated rings. The number of hydrogen-bond donors (Lipinski definition) is 1. The maximum atomic E-state index is 9.97. The SMILES string of the molecule is CN(CC(O)COCc1cccs1)CC1CCCCO1. The standard InChI is InChI=1S/C15H25NO3S/c1-16(10-14-5-2-3-7-19-14)9-13(17)11-18-12-15-6-4-8-20-15/h4,6,8,13-14,17H,2-3,5,7,9-12H2,1H3. The molecule has 0 radical (unpaired) electrons. The second kappa shape index (κ2) is 8.74. The molecule has 114 valence electrons. The summed E-state index contributed by atoms with van der Waals surface area (Å²) in [6, 6.07) is 4.06. The predicted molar refractivity (Wildman–Crippen MR) is 81.1 cm³/mol. The third-order valence-electron chi connectivity index (χ3n) is 3.45. The highest BCUT2D eigenvalue weighted by molar-refractivity contribution is 7.09. The summed E-state index contributed by atoms with van der Waals surface area (Å²) >= 11 is 1.68. The van der Waals surface area contributed by atoms with Crippen LogP contribution in [0.2, 0.25) is 0 Å². The molecule has 2 heterocycles. The van der Waals surface area contributed by atoms with Gasteiger partial charge in [0.1, 0.15) is 0 Å². The van der Waals surface area contributed by atoms with Crippen LogP contribution in [0.15, 0.2) is 17.5 Å². The molecule has 0 aromatic carbocycles. The van der Waals surface area contributed by atoms with Crippen molar-refractivity contribution in [1.29, 1.82) is 0 Å². The first kappa shape index (κ1) is 15.9. The molecule has 2 rings (SSSR count). The van der Waals surface area contributed by atoms with Crippen molar-refractivity contribution in [3.63, 3.8) is 0 Å². The highest BCUT2D eigenvalue weighted by atomic mass is 32.1. The lowest BCUT2D eigenvalue weighted by atomic mass is 10.1. The highest BCUT2D eigenvalue weighted by Crippen LogP contribution is 2.13. The molecule has 0 spiro atoms. The van der Waals surface area contributed by atoms with E-state index in [1.807, 2.05) is 24.6 Å². The summed E-state index contributed by atoms with van der Waals surface area (Å²) in [7, 11) is 2.03. The van der Waals surface area contributed by atoms with Crippen molar-refractivity contribution < 1.29 is 14.6 Å². The summed E-state index contributed by atoms with van der Waals surface area (Å²) in [6.45, 7) is 3.37. The smallest absolute Gasteiger partial charge is 0.0900 e. The van der Waals surface area contributed by atoms with Crippen LogP contribution in [0.4, 0.5) is 0 Å². The lowest BCUT2D eigenvalue weighted by Gasteiger charge is -2.28. The molecule has 0 amide bonds. The molecule has 4 nitrogen and oxygen atoms in total. The normalized spacial score (nSPS) is 21.2. The lowest BCUT2D eigenvalue weighted by Crippen LogP contribution is -2.38. The minimum Gasteiger partial charge on any atom is -0.389 e. The molecular weight excluding hydrogens is 274 g/mol. The van der Waals surface area contributed by atoms with Crippen LogP contribution in [0, 0.1) is 0 Å². The molecule has 1 aromatic heterocycles. The number of nitrogens with zero attached hydrogens (tertiary/aromatic N) is 1. The van der Waals surface area contributed by atoms with E-state index in [0.717, 1.165) is 19.6 Å². The summed E-state index contributed by atoms with van der Waals surface area (Å²) in [4.78, 5) is 3.33. The van der Waals surface area contributed by atoms with Gasteiger partial charge in [0, 0.05) is 24.6 Å². The van der Waals surface area contributed by atoms with Crippen molar-refractivity contribution in [2.45, 2.75) is 38.1 Å². The minimum absolute atomic E-state index is 0.327. The zero-order chi connectivity index (χ0) is 14.2. The molecule has 1 aromatic rings. The average Bonchev–Trinajstić information content (AvgIpc) is 2.93. The average molecular weight is 299 g/mol. The van der Waals surface area contributed by atoms with Gasteiger partial charge < -0.3 is 19.5 Å². The van der Waals surface area contributed by atoms with Gasteiger partial charge in [-0.3, -0.25) is 0 Å². The van der Waals surface area contributed by atoms with Gasteiger partial charge in [-0.25, -0.2) is 0 Å². The number of ether oxygens (including phenoxy) is 2. The highest BCUT2D eigenvalue weighted by Gasteiger charge is 2.17. The van der Waals surface area contributed by atoms with Crippen LogP contribution >= 0.6 is 11.3 Å². The van der Waals surface area contributed by atoms with Gasteiger partial charge in [0.15, 0.2) is 0 Å². The Morgan fingerprint density at radius 2 is 2.45 bits per heavy atom. The second-order valence-electron chi connectivity index (χ2n) is 5.46. The number of aliphatic hydroxyl groups is 1. The Kier molecular flexibility index (Phi) is 6.96. The van der Waals surface area contributed by atoms with Crippen LogP contribution in [0.3, 0.4) is 0 Å². The van der Waals surface area contributed by atoms with E-state index in [9.17, 15) is 5.11 Å². The minimum atomic E-state index is -0.441. The molecule has 0 bridgehead atoms. The zero-order valence-corrected chi connectivity index (χ0v) is 13.0. The molecule has 1 saturated heterocycles. The Bertz CT molecular complexity index is 352. The van der Waals surface area contributed by atoms with Crippen molar-refractivity contribution in [2.24, 2.45) is 0 Å². The van der Waals surface area contributed by atoms with Crippen LogP contribution in [0.25, 0.3) is 0 Å². The molecule has 1 aliphatic heterocycles. The fraction of sp³-hybridized carbons (Fsp3) is 0.733. The molecule has 2 atom stereocenters. The first-order chi connectivity index (χ1) is 9.74. The fourth-order valence-electron chi connectivity index (χ4n) is 2.48. The first-order valence-electron chi connectivity index (χ1n) is 7.32. The van der Waals surface area contributed by atoms with Gasteiger partial charge in [0.25, 0.3) is 0 Å². The van der Waals surface area contributed by atoms with Crippen LogP contribution < -0.4 is 0 Å². The van der Waals surface area contributed by atoms with Crippen LogP contribution in [0.5, 0.6) is 0 Å². The maximum absolute atomic E-state index is 9.97. The maximum Gasteiger partial charge on any atom is 0.0900 e. The number of thiophene rings is 1. The molecule has 5 heteroatoms. The van der Waals surface area contributed by atoms with Crippen molar-refractivity contribution in [3.05, 3.63) is 22.4 Å². The topological polar surface area (TPSA) is 41.9 Å². The Labute approximate surface area is 125 Å². The number of hydrogen-bond acceptors (Lipinski definition) is 5. The molecule has 1 aliphatic rings. The zero-order valence-electron chi connectivity index (χ0n) is 12.2. The van der Waals surface area contributed by atoms with E-state index in [4.69, 9.17) is 9.47 Å². The van der Waals surface area contributed by atoms with Crippen LogP contribution in [-0.4, -0.2) is 55.6 Å². The van der Waals surface area contributed by atoms with E-state index in [1.165, 1.54) is 17.7 Å². The van der Waals surface area contributed by atoms with Crippen molar-refractivity contribution in [1.82, 2.24) is 4.90 Å². The number of aliphatic hydroxyl groups excluding tert-OH is 1. The Balaban J connectivity index is 1.56. The van der Waals surface area contributed by atoms with E-state index in [2.05, 4.69) is 4.90 Å². The van der Waals surface area contributed by atoms with E-state index in [-0.39, 0.29) is 0 Å². The third-order valence-corrected chi connectivity index (χ3v) is 4.30. The van der Waals surface area contributed by atoms with Gasteiger partial charge in [-0.05, 0) is 37.8 Å². The van der Waals surface area contributed by atoms with Crippen molar-refractivity contribution >= 4 is 11.3 Å². The van der Waals surface area contributed by atoms with Gasteiger partial charge in [-0.2, -0.15) is 0 Å². The summed E-state index contributed by atoms with van der Waals surface area (Å²) in [6.07, 6.45) is 3.45. The van der Waals surface area contributed by atoms with Crippen LogP contribution in [0.1, 0.15) is 24.1 Å². The molecule has 1 N–H and O–H groups in total. The first-order valence-corrected chi connectivity index (χ1v) is 8.20. The van der Waals surface area contributed by atoms with Gasteiger partial charge in [-0.15, -0.1) is 11.3 Å². The van der Waals surface area contributed by atoms with E-state index < -0.39 is 6.10 Å². The Morgan fingerprint density at radius 1 is 1.55 bits per heavy atom. The summed E-state index contributed by atoms with van der Waals surface area (Å²) in [5.74, 6) is 0. The largest absolute Gasteiger partial charge is 0.389 e. The number of rotatable bonds is 8.